The van der Waals surface area contributed by atoms with Crippen LogP contribution in [0.3, 0.4) is 0 Å². The first kappa shape index (κ1) is 7.56. The Morgan fingerprint density at radius 1 is 1.45 bits per heavy atom. The summed E-state index contributed by atoms with van der Waals surface area (Å²) in [5, 5.41) is 9.59. The Balaban J connectivity index is 2.04. The molecule has 3 atom stereocenters. The van der Waals surface area contributed by atoms with Gasteiger partial charge in [-0.3, -0.25) is 0 Å². The fraction of sp³-hybridized carbons (Fsp3) is 1.00. The zero-order valence-corrected chi connectivity index (χ0v) is 7.16. The van der Waals surface area contributed by atoms with Crippen molar-refractivity contribution in [1.29, 1.82) is 0 Å². The van der Waals surface area contributed by atoms with Crippen LogP contribution in [0.15, 0.2) is 0 Å². The Hall–Kier alpha value is -0.0800. The Labute approximate surface area is 68.2 Å². The molecule has 2 nitrogen and oxygen atoms in total. The molecule has 1 saturated carbocycles. The van der Waals surface area contributed by atoms with Gasteiger partial charge in [-0.15, -0.1) is 0 Å². The first-order valence-electron chi connectivity index (χ1n) is 4.73. The summed E-state index contributed by atoms with van der Waals surface area (Å²) in [6, 6.07) is 0.694. The Kier molecular flexibility index (Phi) is 1.90. The molecule has 2 aliphatic heterocycles. The minimum atomic E-state index is 0.0107. The van der Waals surface area contributed by atoms with E-state index in [-0.39, 0.29) is 6.10 Å². The summed E-state index contributed by atoms with van der Waals surface area (Å²) in [6.45, 7) is 4.52. The van der Waals surface area contributed by atoms with Crippen molar-refractivity contribution in [2.24, 2.45) is 5.92 Å². The fourth-order valence-corrected chi connectivity index (χ4v) is 2.57. The van der Waals surface area contributed by atoms with Crippen molar-refractivity contribution in [2.75, 3.05) is 13.1 Å². The molecule has 11 heavy (non-hydrogen) atoms. The number of piperidine rings is 2. The van der Waals surface area contributed by atoms with Crippen molar-refractivity contribution in [3.63, 3.8) is 0 Å². The van der Waals surface area contributed by atoms with Crippen LogP contribution in [0.1, 0.15) is 26.2 Å². The number of fused-ring (bicyclic) bond motifs is 3. The van der Waals surface area contributed by atoms with E-state index in [0.29, 0.717) is 12.0 Å². The van der Waals surface area contributed by atoms with Crippen molar-refractivity contribution >= 4 is 0 Å². The molecule has 2 heterocycles. The molecule has 0 aromatic rings. The summed E-state index contributed by atoms with van der Waals surface area (Å²) in [6.07, 6.45) is 3.60. The number of aliphatic hydroxyl groups excluding tert-OH is 1. The van der Waals surface area contributed by atoms with Gasteiger partial charge in [0.25, 0.3) is 0 Å². The number of hydrogen-bond donors (Lipinski definition) is 1. The molecule has 0 aromatic heterocycles. The SMILES string of the molecule is CCN1CC2CCC1CC2O. The maximum Gasteiger partial charge on any atom is 0.0595 e. The van der Waals surface area contributed by atoms with Crippen LogP contribution in [0.5, 0.6) is 0 Å². The topological polar surface area (TPSA) is 23.5 Å². The Bertz CT molecular complexity index is 148. The van der Waals surface area contributed by atoms with Crippen LogP contribution in [0.2, 0.25) is 0 Å². The van der Waals surface area contributed by atoms with Gasteiger partial charge in [-0.05, 0) is 31.7 Å². The van der Waals surface area contributed by atoms with E-state index in [9.17, 15) is 5.11 Å². The van der Waals surface area contributed by atoms with Crippen LogP contribution in [0, 0.1) is 5.92 Å². The molecular weight excluding hydrogens is 138 g/mol. The molecule has 1 aliphatic carbocycles. The van der Waals surface area contributed by atoms with Gasteiger partial charge in [0.1, 0.15) is 0 Å². The van der Waals surface area contributed by atoms with Crippen molar-refractivity contribution in [3.8, 4) is 0 Å². The van der Waals surface area contributed by atoms with Gasteiger partial charge in [-0.2, -0.15) is 0 Å². The first-order chi connectivity index (χ1) is 5.31. The predicted octanol–water partition coefficient (Wildman–Crippen LogP) is 0.851. The van der Waals surface area contributed by atoms with Crippen LogP contribution in [-0.2, 0) is 0 Å². The molecule has 3 rings (SSSR count). The van der Waals surface area contributed by atoms with Crippen LogP contribution in [-0.4, -0.2) is 35.2 Å². The van der Waals surface area contributed by atoms with Crippen LogP contribution in [0.25, 0.3) is 0 Å². The van der Waals surface area contributed by atoms with E-state index in [2.05, 4.69) is 11.8 Å². The van der Waals surface area contributed by atoms with Crippen molar-refractivity contribution < 1.29 is 5.11 Å². The average molecular weight is 155 g/mol. The third-order valence-corrected chi connectivity index (χ3v) is 3.32. The molecule has 3 unspecified atom stereocenters. The standard InChI is InChI=1S/C9H17NO/c1-2-10-6-7-3-4-8(10)5-9(7)11/h7-9,11H,2-6H2,1H3. The minimum Gasteiger partial charge on any atom is -0.393 e. The average Bonchev–Trinajstić information content (AvgIpc) is 2.05. The lowest BCUT2D eigenvalue weighted by Crippen LogP contribution is -2.53. The molecule has 0 aromatic carbocycles. The second kappa shape index (κ2) is 2.76. The molecular formula is C9H17NO. The highest BCUT2D eigenvalue weighted by atomic mass is 16.3. The van der Waals surface area contributed by atoms with E-state index >= 15 is 0 Å². The smallest absolute Gasteiger partial charge is 0.0595 e. The third-order valence-electron chi connectivity index (χ3n) is 3.32. The molecule has 1 N–H and O–H groups in total. The van der Waals surface area contributed by atoms with E-state index in [0.717, 1.165) is 19.5 Å². The summed E-state index contributed by atoms with van der Waals surface area (Å²) in [5.74, 6) is 0.583. The second-order valence-electron chi connectivity index (χ2n) is 3.88. The molecule has 3 aliphatic rings. The molecule has 2 saturated heterocycles. The van der Waals surface area contributed by atoms with E-state index in [4.69, 9.17) is 0 Å². The van der Waals surface area contributed by atoms with Crippen molar-refractivity contribution in [1.82, 2.24) is 4.90 Å². The fourth-order valence-electron chi connectivity index (χ4n) is 2.57. The summed E-state index contributed by atoms with van der Waals surface area (Å²) in [5.41, 5.74) is 0. The van der Waals surface area contributed by atoms with E-state index in [1.54, 1.807) is 0 Å². The number of rotatable bonds is 1. The Morgan fingerprint density at radius 3 is 2.73 bits per heavy atom. The van der Waals surface area contributed by atoms with Gasteiger partial charge in [0.05, 0.1) is 6.10 Å². The van der Waals surface area contributed by atoms with Gasteiger partial charge in [0, 0.05) is 12.6 Å². The highest BCUT2D eigenvalue weighted by Gasteiger charge is 2.38. The zero-order chi connectivity index (χ0) is 7.84. The lowest BCUT2D eigenvalue weighted by molar-refractivity contribution is -0.0468. The number of nitrogens with zero attached hydrogens (tertiary/aromatic N) is 1. The van der Waals surface area contributed by atoms with Gasteiger partial charge in [0.2, 0.25) is 0 Å². The van der Waals surface area contributed by atoms with Crippen LogP contribution >= 0.6 is 0 Å². The molecule has 0 amide bonds. The van der Waals surface area contributed by atoms with Gasteiger partial charge in [-0.1, -0.05) is 6.92 Å². The van der Waals surface area contributed by atoms with Crippen LogP contribution in [0.4, 0.5) is 0 Å². The second-order valence-corrected chi connectivity index (χ2v) is 3.88. The molecule has 0 radical (unpaired) electrons. The van der Waals surface area contributed by atoms with Gasteiger partial charge < -0.3 is 10.0 Å². The molecule has 0 spiro atoms. The normalized spacial score (nSPS) is 44.7. The minimum absolute atomic E-state index is 0.0107. The van der Waals surface area contributed by atoms with E-state index in [1.165, 1.54) is 12.8 Å². The highest BCUT2D eigenvalue weighted by Crippen LogP contribution is 2.34. The summed E-state index contributed by atoms with van der Waals surface area (Å²) in [4.78, 5) is 2.51. The molecule has 2 bridgehead atoms. The van der Waals surface area contributed by atoms with E-state index < -0.39 is 0 Å². The highest BCUT2D eigenvalue weighted by molar-refractivity contribution is 4.92. The quantitative estimate of drug-likeness (QED) is 0.607. The number of aliphatic hydroxyl groups is 1. The molecule has 3 fully saturated rings. The largest absolute Gasteiger partial charge is 0.393 e. The van der Waals surface area contributed by atoms with Crippen LogP contribution < -0.4 is 0 Å². The van der Waals surface area contributed by atoms with Crippen molar-refractivity contribution in [2.45, 2.75) is 38.3 Å². The summed E-state index contributed by atoms with van der Waals surface area (Å²) in [7, 11) is 0. The summed E-state index contributed by atoms with van der Waals surface area (Å²) >= 11 is 0. The number of hydrogen-bond acceptors (Lipinski definition) is 2. The monoisotopic (exact) mass is 155 g/mol. The lowest BCUT2D eigenvalue weighted by Gasteiger charge is -2.47. The summed E-state index contributed by atoms with van der Waals surface area (Å²) < 4.78 is 0. The molecule has 64 valence electrons. The predicted molar refractivity (Wildman–Crippen MR) is 44.4 cm³/mol. The maximum atomic E-state index is 9.59. The zero-order valence-electron chi connectivity index (χ0n) is 7.16. The van der Waals surface area contributed by atoms with E-state index in [1.807, 2.05) is 0 Å². The van der Waals surface area contributed by atoms with Gasteiger partial charge in [0.15, 0.2) is 0 Å². The van der Waals surface area contributed by atoms with Gasteiger partial charge in [-0.25, -0.2) is 0 Å². The third kappa shape index (κ3) is 1.18. The van der Waals surface area contributed by atoms with Crippen molar-refractivity contribution in [3.05, 3.63) is 0 Å². The van der Waals surface area contributed by atoms with Gasteiger partial charge >= 0.3 is 0 Å². The molecule has 2 heteroatoms. The maximum absolute atomic E-state index is 9.59. The first-order valence-corrected chi connectivity index (χ1v) is 4.73. The Morgan fingerprint density at radius 2 is 2.27 bits per heavy atom. The lowest BCUT2D eigenvalue weighted by atomic mass is 9.78.